The summed E-state index contributed by atoms with van der Waals surface area (Å²) in [6.07, 6.45) is 8.41. The number of carbonyl (C=O) groups excluding carboxylic acids is 1. The number of nitrogens with zero attached hydrogens (tertiary/aromatic N) is 2. The molecule has 1 aliphatic rings. The Hall–Kier alpha value is -0.570. The van der Waals surface area contributed by atoms with E-state index in [-0.39, 0.29) is 0 Å². The molecule has 3 nitrogen and oxygen atoms in total. The zero-order valence-electron chi connectivity index (χ0n) is 14.1. The molecule has 0 aromatic carbocycles. The zero-order chi connectivity index (χ0) is 15.0. The number of hydrogen-bond donors (Lipinski definition) is 0. The van der Waals surface area contributed by atoms with E-state index in [1.165, 1.54) is 38.5 Å². The molecule has 0 aromatic rings. The summed E-state index contributed by atoms with van der Waals surface area (Å²) in [5.74, 6) is 0.313. The van der Waals surface area contributed by atoms with Crippen LogP contribution in [-0.4, -0.2) is 47.4 Å². The van der Waals surface area contributed by atoms with Gasteiger partial charge in [0.25, 0.3) is 0 Å². The lowest BCUT2D eigenvalue weighted by Crippen LogP contribution is -2.56. The van der Waals surface area contributed by atoms with Crippen LogP contribution >= 0.6 is 0 Å². The standard InChI is InChI=1S/C17H34N2O/c1-5-8-10-17(4,11-9-6-2)19-14-12-18(13-15-19)16(20)7-3/h5-15H2,1-4H3. The van der Waals surface area contributed by atoms with E-state index in [0.717, 1.165) is 26.2 Å². The second kappa shape index (κ2) is 8.66. The average Bonchev–Trinajstić information content (AvgIpc) is 2.50. The van der Waals surface area contributed by atoms with Crippen molar-refractivity contribution in [1.82, 2.24) is 9.80 Å². The summed E-state index contributed by atoms with van der Waals surface area (Å²) in [6, 6.07) is 0. The summed E-state index contributed by atoms with van der Waals surface area (Å²) in [6.45, 7) is 12.9. The van der Waals surface area contributed by atoms with Gasteiger partial charge in [0, 0.05) is 38.1 Å². The summed E-state index contributed by atoms with van der Waals surface area (Å²) in [5.41, 5.74) is 0.341. The summed E-state index contributed by atoms with van der Waals surface area (Å²) in [4.78, 5) is 16.5. The van der Waals surface area contributed by atoms with Gasteiger partial charge in [0.2, 0.25) is 5.91 Å². The van der Waals surface area contributed by atoms with Crippen molar-refractivity contribution >= 4 is 5.91 Å². The second-order valence-corrected chi connectivity index (χ2v) is 6.43. The molecule has 1 rings (SSSR count). The van der Waals surface area contributed by atoms with Crippen molar-refractivity contribution in [2.24, 2.45) is 0 Å². The number of piperazine rings is 1. The Labute approximate surface area is 125 Å². The first kappa shape index (κ1) is 17.5. The van der Waals surface area contributed by atoms with E-state index in [9.17, 15) is 4.79 Å². The monoisotopic (exact) mass is 282 g/mol. The van der Waals surface area contributed by atoms with Crippen LogP contribution in [0.5, 0.6) is 0 Å². The summed E-state index contributed by atoms with van der Waals surface area (Å²) >= 11 is 0. The Kier molecular flexibility index (Phi) is 7.57. The Morgan fingerprint density at radius 3 is 1.85 bits per heavy atom. The zero-order valence-corrected chi connectivity index (χ0v) is 14.1. The quantitative estimate of drug-likeness (QED) is 0.678. The first-order valence-electron chi connectivity index (χ1n) is 8.60. The van der Waals surface area contributed by atoms with Crippen molar-refractivity contribution in [3.05, 3.63) is 0 Å². The van der Waals surface area contributed by atoms with Gasteiger partial charge in [-0.25, -0.2) is 0 Å². The van der Waals surface area contributed by atoms with Crippen LogP contribution in [0.3, 0.4) is 0 Å². The number of hydrogen-bond acceptors (Lipinski definition) is 2. The Morgan fingerprint density at radius 1 is 0.950 bits per heavy atom. The summed E-state index contributed by atoms with van der Waals surface area (Å²) in [7, 11) is 0. The van der Waals surface area contributed by atoms with Gasteiger partial charge >= 0.3 is 0 Å². The van der Waals surface area contributed by atoms with Crippen LogP contribution in [0.2, 0.25) is 0 Å². The smallest absolute Gasteiger partial charge is 0.222 e. The van der Waals surface area contributed by atoms with Crippen LogP contribution in [0, 0.1) is 0 Å². The van der Waals surface area contributed by atoms with Gasteiger partial charge in [0.15, 0.2) is 0 Å². The molecule has 0 aromatic heterocycles. The molecular formula is C17H34N2O. The molecule has 0 aliphatic carbocycles. The van der Waals surface area contributed by atoms with E-state index >= 15 is 0 Å². The van der Waals surface area contributed by atoms with Crippen molar-refractivity contribution in [1.29, 1.82) is 0 Å². The largest absolute Gasteiger partial charge is 0.340 e. The van der Waals surface area contributed by atoms with Crippen molar-refractivity contribution in [2.75, 3.05) is 26.2 Å². The molecule has 1 aliphatic heterocycles. The first-order chi connectivity index (χ1) is 9.57. The van der Waals surface area contributed by atoms with Crippen LogP contribution in [0.1, 0.15) is 72.6 Å². The van der Waals surface area contributed by atoms with Gasteiger partial charge in [-0.2, -0.15) is 0 Å². The highest BCUT2D eigenvalue weighted by Crippen LogP contribution is 2.29. The molecule has 0 radical (unpaired) electrons. The van der Waals surface area contributed by atoms with Gasteiger partial charge in [0.05, 0.1) is 0 Å². The van der Waals surface area contributed by atoms with Gasteiger partial charge < -0.3 is 4.90 Å². The fourth-order valence-electron chi connectivity index (χ4n) is 3.28. The maximum atomic E-state index is 11.8. The molecule has 20 heavy (non-hydrogen) atoms. The molecule has 0 saturated carbocycles. The van der Waals surface area contributed by atoms with E-state index in [4.69, 9.17) is 0 Å². The van der Waals surface area contributed by atoms with Crippen LogP contribution in [0.4, 0.5) is 0 Å². The lowest BCUT2D eigenvalue weighted by Gasteiger charge is -2.46. The van der Waals surface area contributed by atoms with E-state index in [0.29, 0.717) is 17.9 Å². The molecule has 0 N–H and O–H groups in total. The van der Waals surface area contributed by atoms with Crippen LogP contribution < -0.4 is 0 Å². The van der Waals surface area contributed by atoms with Crippen LogP contribution in [0.25, 0.3) is 0 Å². The third-order valence-electron chi connectivity index (χ3n) is 4.84. The first-order valence-corrected chi connectivity index (χ1v) is 8.60. The van der Waals surface area contributed by atoms with Gasteiger partial charge in [-0.15, -0.1) is 0 Å². The fourth-order valence-corrected chi connectivity index (χ4v) is 3.28. The molecule has 0 bridgehead atoms. The van der Waals surface area contributed by atoms with Gasteiger partial charge in [-0.05, 0) is 19.8 Å². The average molecular weight is 282 g/mol. The van der Waals surface area contributed by atoms with E-state index < -0.39 is 0 Å². The van der Waals surface area contributed by atoms with E-state index in [1.54, 1.807) is 0 Å². The van der Waals surface area contributed by atoms with E-state index in [1.807, 2.05) is 11.8 Å². The third kappa shape index (κ3) is 4.76. The summed E-state index contributed by atoms with van der Waals surface area (Å²) < 4.78 is 0. The third-order valence-corrected chi connectivity index (χ3v) is 4.84. The molecular weight excluding hydrogens is 248 g/mol. The molecule has 1 saturated heterocycles. The minimum Gasteiger partial charge on any atom is -0.340 e. The molecule has 3 heteroatoms. The molecule has 0 atom stereocenters. The predicted octanol–water partition coefficient (Wildman–Crippen LogP) is 3.68. The number of unbranched alkanes of at least 4 members (excludes halogenated alkanes) is 2. The van der Waals surface area contributed by atoms with Crippen molar-refractivity contribution in [2.45, 2.75) is 78.2 Å². The Morgan fingerprint density at radius 2 is 1.45 bits per heavy atom. The Bertz CT molecular complexity index is 275. The highest BCUT2D eigenvalue weighted by molar-refractivity contribution is 5.75. The molecule has 1 heterocycles. The molecule has 1 amide bonds. The topological polar surface area (TPSA) is 23.6 Å². The summed E-state index contributed by atoms with van der Waals surface area (Å²) in [5, 5.41) is 0. The highest BCUT2D eigenvalue weighted by atomic mass is 16.2. The van der Waals surface area contributed by atoms with Crippen LogP contribution in [-0.2, 0) is 4.79 Å². The molecule has 0 unspecified atom stereocenters. The van der Waals surface area contributed by atoms with E-state index in [2.05, 4.69) is 25.7 Å². The van der Waals surface area contributed by atoms with Crippen LogP contribution in [0.15, 0.2) is 0 Å². The second-order valence-electron chi connectivity index (χ2n) is 6.43. The van der Waals surface area contributed by atoms with Gasteiger partial charge in [-0.3, -0.25) is 9.69 Å². The van der Waals surface area contributed by atoms with Gasteiger partial charge in [-0.1, -0.05) is 46.5 Å². The lowest BCUT2D eigenvalue weighted by molar-refractivity contribution is -0.133. The molecule has 0 spiro atoms. The fraction of sp³-hybridized carbons (Fsp3) is 0.941. The molecule has 1 fully saturated rings. The van der Waals surface area contributed by atoms with Crippen molar-refractivity contribution in [3.8, 4) is 0 Å². The number of carbonyl (C=O) groups is 1. The molecule has 118 valence electrons. The van der Waals surface area contributed by atoms with Crippen molar-refractivity contribution < 1.29 is 4.79 Å². The number of rotatable bonds is 8. The minimum absolute atomic E-state index is 0.313. The SMILES string of the molecule is CCCCC(C)(CCCC)N1CCN(C(=O)CC)CC1. The highest BCUT2D eigenvalue weighted by Gasteiger charge is 2.33. The lowest BCUT2D eigenvalue weighted by atomic mass is 9.86. The normalized spacial score (nSPS) is 17.5. The Balaban J connectivity index is 2.57. The minimum atomic E-state index is 0.313. The van der Waals surface area contributed by atoms with Crippen molar-refractivity contribution in [3.63, 3.8) is 0 Å². The predicted molar refractivity (Wildman–Crippen MR) is 85.9 cm³/mol. The number of amides is 1. The van der Waals surface area contributed by atoms with Gasteiger partial charge in [0.1, 0.15) is 0 Å². The maximum Gasteiger partial charge on any atom is 0.222 e. The maximum absolute atomic E-state index is 11.8.